The molecule has 0 aliphatic carbocycles. The standard InChI is InChI=1S/C22H20Cl2N2O3S/c23-18-12-10-17(11-13-18)22(16-6-2-1-3-7-16)26-21(27)14-15-25-30(28,29)20-9-5-4-8-19(20)24/h1-13,22,25H,14-15H2,(H,26,27). The molecule has 0 fully saturated rings. The first-order valence-electron chi connectivity index (χ1n) is 9.21. The molecule has 0 saturated heterocycles. The summed E-state index contributed by atoms with van der Waals surface area (Å²) in [5.74, 6) is -0.291. The van der Waals surface area contributed by atoms with Gasteiger partial charge in [-0.1, -0.05) is 77.8 Å². The first-order valence-corrected chi connectivity index (χ1v) is 11.4. The molecule has 30 heavy (non-hydrogen) atoms. The van der Waals surface area contributed by atoms with Crippen LogP contribution in [0.4, 0.5) is 0 Å². The second-order valence-electron chi connectivity index (χ2n) is 6.54. The quantitative estimate of drug-likeness (QED) is 0.514. The molecular weight excluding hydrogens is 443 g/mol. The van der Waals surface area contributed by atoms with Crippen molar-refractivity contribution in [3.05, 3.63) is 100 Å². The van der Waals surface area contributed by atoms with Crippen molar-refractivity contribution in [3.8, 4) is 0 Å². The summed E-state index contributed by atoms with van der Waals surface area (Å²) in [4.78, 5) is 12.5. The monoisotopic (exact) mass is 462 g/mol. The minimum atomic E-state index is -3.80. The maximum atomic E-state index is 12.6. The highest BCUT2D eigenvalue weighted by molar-refractivity contribution is 7.89. The molecule has 3 aromatic carbocycles. The normalized spacial score (nSPS) is 12.3. The van der Waals surface area contributed by atoms with Gasteiger partial charge in [0.15, 0.2) is 0 Å². The van der Waals surface area contributed by atoms with Crippen molar-refractivity contribution in [3.63, 3.8) is 0 Å². The van der Waals surface area contributed by atoms with Gasteiger partial charge in [0, 0.05) is 18.0 Å². The van der Waals surface area contributed by atoms with Gasteiger partial charge in [0.25, 0.3) is 0 Å². The fourth-order valence-electron chi connectivity index (χ4n) is 2.93. The smallest absolute Gasteiger partial charge is 0.242 e. The van der Waals surface area contributed by atoms with Crippen molar-refractivity contribution in [1.29, 1.82) is 0 Å². The van der Waals surface area contributed by atoms with Crippen molar-refractivity contribution < 1.29 is 13.2 Å². The molecule has 0 spiro atoms. The van der Waals surface area contributed by atoms with Gasteiger partial charge in [-0.25, -0.2) is 13.1 Å². The zero-order valence-corrected chi connectivity index (χ0v) is 18.2. The van der Waals surface area contributed by atoms with Crippen LogP contribution in [0.2, 0.25) is 10.0 Å². The molecule has 3 rings (SSSR count). The Morgan fingerprint density at radius 2 is 1.43 bits per heavy atom. The van der Waals surface area contributed by atoms with E-state index in [0.717, 1.165) is 11.1 Å². The Morgan fingerprint density at radius 3 is 2.10 bits per heavy atom. The van der Waals surface area contributed by atoms with Crippen LogP contribution >= 0.6 is 23.2 Å². The number of hydrogen-bond donors (Lipinski definition) is 2. The molecule has 1 amide bonds. The molecule has 5 nitrogen and oxygen atoms in total. The molecule has 0 aliphatic heterocycles. The molecule has 156 valence electrons. The lowest BCUT2D eigenvalue weighted by molar-refractivity contribution is -0.121. The summed E-state index contributed by atoms with van der Waals surface area (Å²) in [6, 6.07) is 22.5. The van der Waals surface area contributed by atoms with Crippen molar-refractivity contribution in [2.45, 2.75) is 17.4 Å². The highest BCUT2D eigenvalue weighted by atomic mass is 35.5. The predicted molar refractivity (Wildman–Crippen MR) is 119 cm³/mol. The van der Waals surface area contributed by atoms with Gasteiger partial charge in [-0.15, -0.1) is 0 Å². The van der Waals surface area contributed by atoms with Crippen molar-refractivity contribution in [2.24, 2.45) is 0 Å². The molecule has 0 aromatic heterocycles. The number of carbonyl (C=O) groups is 1. The SMILES string of the molecule is O=C(CCNS(=O)(=O)c1ccccc1Cl)NC(c1ccccc1)c1ccc(Cl)cc1. The Kier molecular flexibility index (Phi) is 7.50. The van der Waals surface area contributed by atoms with Crippen LogP contribution in [0, 0.1) is 0 Å². The predicted octanol–water partition coefficient (Wildman–Crippen LogP) is 4.57. The Balaban J connectivity index is 1.66. The number of amides is 1. The molecule has 1 unspecified atom stereocenters. The van der Waals surface area contributed by atoms with Gasteiger partial charge in [-0.3, -0.25) is 4.79 Å². The Labute approximate surface area is 186 Å². The highest BCUT2D eigenvalue weighted by Crippen LogP contribution is 2.24. The van der Waals surface area contributed by atoms with E-state index in [1.807, 2.05) is 42.5 Å². The lowest BCUT2D eigenvalue weighted by atomic mass is 9.98. The van der Waals surface area contributed by atoms with Gasteiger partial charge in [0.05, 0.1) is 11.1 Å². The molecule has 3 aromatic rings. The average Bonchev–Trinajstić information content (AvgIpc) is 2.73. The van der Waals surface area contributed by atoms with Crippen LogP contribution < -0.4 is 10.0 Å². The van der Waals surface area contributed by atoms with Crippen LogP contribution in [0.5, 0.6) is 0 Å². The fourth-order valence-corrected chi connectivity index (χ4v) is 4.61. The molecule has 0 aliphatic rings. The first kappa shape index (κ1) is 22.3. The molecule has 1 atom stereocenters. The number of hydrogen-bond acceptors (Lipinski definition) is 3. The van der Waals surface area contributed by atoms with Crippen LogP contribution in [0.1, 0.15) is 23.6 Å². The summed E-state index contributed by atoms with van der Waals surface area (Å²) in [6.07, 6.45) is -0.0272. The van der Waals surface area contributed by atoms with Gasteiger partial charge < -0.3 is 5.32 Å². The number of sulfonamides is 1. The van der Waals surface area contributed by atoms with Crippen LogP contribution in [-0.2, 0) is 14.8 Å². The number of benzene rings is 3. The van der Waals surface area contributed by atoms with Crippen LogP contribution in [0.3, 0.4) is 0 Å². The van der Waals surface area contributed by atoms with E-state index in [0.29, 0.717) is 5.02 Å². The van der Waals surface area contributed by atoms with Gasteiger partial charge in [-0.2, -0.15) is 0 Å². The van der Waals surface area contributed by atoms with Crippen molar-refractivity contribution >= 4 is 39.1 Å². The molecule has 0 radical (unpaired) electrons. The number of carbonyl (C=O) groups excluding carboxylic acids is 1. The van der Waals surface area contributed by atoms with Crippen LogP contribution in [0.15, 0.2) is 83.8 Å². The van der Waals surface area contributed by atoms with E-state index in [9.17, 15) is 13.2 Å². The Hall–Kier alpha value is -2.38. The van der Waals surface area contributed by atoms with Crippen molar-refractivity contribution in [1.82, 2.24) is 10.0 Å². The maximum absolute atomic E-state index is 12.6. The lowest BCUT2D eigenvalue weighted by Crippen LogP contribution is -2.33. The summed E-state index contributed by atoms with van der Waals surface area (Å²) in [5.41, 5.74) is 1.78. The third kappa shape index (κ3) is 5.83. The van der Waals surface area contributed by atoms with E-state index >= 15 is 0 Å². The van der Waals surface area contributed by atoms with Gasteiger partial charge in [0.1, 0.15) is 4.90 Å². The zero-order chi connectivity index (χ0) is 21.6. The van der Waals surface area contributed by atoms with E-state index in [1.165, 1.54) is 12.1 Å². The fraction of sp³-hybridized carbons (Fsp3) is 0.136. The third-order valence-corrected chi connectivity index (χ3v) is 6.62. The van der Waals surface area contributed by atoms with Gasteiger partial charge in [-0.05, 0) is 35.4 Å². The summed E-state index contributed by atoms with van der Waals surface area (Å²) >= 11 is 11.9. The lowest BCUT2D eigenvalue weighted by Gasteiger charge is -2.20. The van der Waals surface area contributed by atoms with E-state index in [4.69, 9.17) is 23.2 Å². The number of nitrogens with one attached hydrogen (secondary N) is 2. The second-order valence-corrected chi connectivity index (χ2v) is 9.12. The van der Waals surface area contributed by atoms with Crippen LogP contribution in [0.25, 0.3) is 0 Å². The Morgan fingerprint density at radius 1 is 0.833 bits per heavy atom. The van der Waals surface area contributed by atoms with E-state index < -0.39 is 10.0 Å². The topological polar surface area (TPSA) is 75.3 Å². The summed E-state index contributed by atoms with van der Waals surface area (Å²) in [6.45, 7) is -0.0541. The summed E-state index contributed by atoms with van der Waals surface area (Å²) in [7, 11) is -3.80. The van der Waals surface area contributed by atoms with Gasteiger partial charge >= 0.3 is 0 Å². The van der Waals surface area contributed by atoms with Gasteiger partial charge in [0.2, 0.25) is 15.9 Å². The Bertz CT molecular complexity index is 1100. The number of rotatable bonds is 8. The highest BCUT2D eigenvalue weighted by Gasteiger charge is 2.19. The molecular formula is C22H20Cl2N2O3S. The molecule has 2 N–H and O–H groups in total. The number of halogens is 2. The minimum absolute atomic E-state index is 0.0181. The summed E-state index contributed by atoms with van der Waals surface area (Å²) < 4.78 is 27.2. The second kappa shape index (κ2) is 10.1. The van der Waals surface area contributed by atoms with Crippen molar-refractivity contribution in [2.75, 3.05) is 6.54 Å². The maximum Gasteiger partial charge on any atom is 0.242 e. The van der Waals surface area contributed by atoms with E-state index in [2.05, 4.69) is 10.0 Å². The first-order chi connectivity index (χ1) is 14.4. The third-order valence-electron chi connectivity index (χ3n) is 4.41. The largest absolute Gasteiger partial charge is 0.345 e. The van der Waals surface area contributed by atoms with Crippen LogP contribution in [-0.4, -0.2) is 20.9 Å². The molecule has 8 heteroatoms. The minimum Gasteiger partial charge on any atom is -0.345 e. The molecule has 0 saturated carbocycles. The van der Waals surface area contributed by atoms with E-state index in [-0.39, 0.29) is 34.8 Å². The molecule has 0 heterocycles. The summed E-state index contributed by atoms with van der Waals surface area (Å²) in [5, 5.41) is 3.69. The zero-order valence-electron chi connectivity index (χ0n) is 15.9. The van der Waals surface area contributed by atoms with E-state index in [1.54, 1.807) is 24.3 Å². The average molecular weight is 463 g/mol. The molecule has 0 bridgehead atoms.